The average Bonchev–Trinajstić information content (AvgIpc) is 2.96. The van der Waals surface area contributed by atoms with Crippen LogP contribution in [0.3, 0.4) is 0 Å². The van der Waals surface area contributed by atoms with Gasteiger partial charge in [0.15, 0.2) is 5.65 Å². The molecule has 2 aromatic heterocycles. The van der Waals surface area contributed by atoms with Crippen LogP contribution in [-0.4, -0.2) is 34.3 Å². The topological polar surface area (TPSA) is 108 Å². The zero-order valence-corrected chi connectivity index (χ0v) is 11.8. The summed E-state index contributed by atoms with van der Waals surface area (Å²) >= 11 is 0. The molecule has 108 valence electrons. The summed E-state index contributed by atoms with van der Waals surface area (Å²) in [4.78, 5) is 10.6. The second-order valence-electron chi connectivity index (χ2n) is 4.74. The Morgan fingerprint density at radius 2 is 2.10 bits per heavy atom. The maximum absolute atomic E-state index is 5.39. The number of hydrogen-bond acceptors (Lipinski definition) is 7. The van der Waals surface area contributed by atoms with Crippen molar-refractivity contribution < 1.29 is 0 Å². The molecule has 0 saturated heterocycles. The fourth-order valence-electron chi connectivity index (χ4n) is 1.99. The van der Waals surface area contributed by atoms with E-state index in [0.717, 1.165) is 16.8 Å². The van der Waals surface area contributed by atoms with Crippen LogP contribution in [0.15, 0.2) is 30.5 Å². The van der Waals surface area contributed by atoms with Gasteiger partial charge in [0.1, 0.15) is 5.82 Å². The Balaban J connectivity index is 2.01. The first-order chi connectivity index (χ1) is 10.2. The van der Waals surface area contributed by atoms with Gasteiger partial charge in [-0.1, -0.05) is 6.07 Å². The zero-order valence-electron chi connectivity index (χ0n) is 11.8. The normalized spacial score (nSPS) is 10.6. The predicted molar refractivity (Wildman–Crippen MR) is 83.5 cm³/mol. The van der Waals surface area contributed by atoms with Crippen LogP contribution in [0, 0.1) is 0 Å². The fraction of sp³-hybridized carbons (Fsp3) is 0.154. The van der Waals surface area contributed by atoms with Gasteiger partial charge >= 0.3 is 0 Å². The number of nitrogens with zero attached hydrogens (tertiary/aromatic N) is 4. The van der Waals surface area contributed by atoms with Crippen molar-refractivity contribution >= 4 is 34.2 Å². The number of aromatic amines is 1. The van der Waals surface area contributed by atoms with Gasteiger partial charge in [0, 0.05) is 25.5 Å². The molecular formula is C13H16N8. The molecule has 0 spiro atoms. The smallest absolute Gasteiger partial charge is 0.241 e. The van der Waals surface area contributed by atoms with Crippen molar-refractivity contribution in [1.29, 1.82) is 0 Å². The van der Waals surface area contributed by atoms with Crippen LogP contribution >= 0.6 is 0 Å². The van der Waals surface area contributed by atoms with Crippen molar-refractivity contribution in [2.45, 2.75) is 0 Å². The monoisotopic (exact) mass is 284 g/mol. The lowest BCUT2D eigenvalue weighted by Crippen LogP contribution is -2.11. The third-order valence-corrected chi connectivity index (χ3v) is 3.06. The van der Waals surface area contributed by atoms with Crippen molar-refractivity contribution in [2.24, 2.45) is 5.84 Å². The minimum absolute atomic E-state index is 0.318. The molecule has 0 unspecified atom stereocenters. The Morgan fingerprint density at radius 3 is 2.86 bits per heavy atom. The summed E-state index contributed by atoms with van der Waals surface area (Å²) in [6, 6.07) is 8.01. The first-order valence-electron chi connectivity index (χ1n) is 6.39. The third kappa shape index (κ3) is 2.56. The minimum atomic E-state index is 0.318. The second-order valence-corrected chi connectivity index (χ2v) is 4.74. The Labute approximate surface area is 121 Å². The van der Waals surface area contributed by atoms with E-state index in [1.54, 1.807) is 6.20 Å². The number of fused-ring (bicyclic) bond motifs is 1. The molecule has 2 heterocycles. The van der Waals surface area contributed by atoms with Crippen LogP contribution in [-0.2, 0) is 0 Å². The van der Waals surface area contributed by atoms with Crippen LogP contribution in [0.4, 0.5) is 23.1 Å². The largest absolute Gasteiger partial charge is 0.378 e. The molecule has 0 bridgehead atoms. The Kier molecular flexibility index (Phi) is 3.28. The molecule has 0 aliphatic heterocycles. The number of aromatic nitrogens is 4. The second kappa shape index (κ2) is 5.25. The fourth-order valence-corrected chi connectivity index (χ4v) is 1.99. The Hall–Kier alpha value is -2.87. The SMILES string of the molecule is CN(C)c1cccc(Nc2nc(NN)nc3[nH]ncc23)c1. The number of rotatable bonds is 4. The maximum atomic E-state index is 5.39. The van der Waals surface area contributed by atoms with E-state index in [1.807, 2.05) is 43.3 Å². The Morgan fingerprint density at radius 1 is 1.24 bits per heavy atom. The molecule has 1 aromatic carbocycles. The summed E-state index contributed by atoms with van der Waals surface area (Å²) in [5.74, 6) is 6.35. The summed E-state index contributed by atoms with van der Waals surface area (Å²) in [7, 11) is 3.99. The lowest BCUT2D eigenvalue weighted by atomic mass is 10.2. The highest BCUT2D eigenvalue weighted by atomic mass is 15.3. The van der Waals surface area contributed by atoms with E-state index in [2.05, 4.69) is 30.9 Å². The average molecular weight is 284 g/mol. The van der Waals surface area contributed by atoms with Gasteiger partial charge in [0.25, 0.3) is 0 Å². The van der Waals surface area contributed by atoms with Crippen molar-refractivity contribution in [3.63, 3.8) is 0 Å². The Bertz CT molecular complexity index is 764. The van der Waals surface area contributed by atoms with E-state index >= 15 is 0 Å². The number of nitrogen functional groups attached to an aromatic ring is 1. The molecule has 8 heteroatoms. The first kappa shape index (κ1) is 13.1. The van der Waals surface area contributed by atoms with Gasteiger partial charge in [-0.2, -0.15) is 15.1 Å². The van der Waals surface area contributed by atoms with Crippen LogP contribution in [0.2, 0.25) is 0 Å². The van der Waals surface area contributed by atoms with Crippen LogP contribution in [0.25, 0.3) is 11.0 Å². The van der Waals surface area contributed by atoms with E-state index in [-0.39, 0.29) is 0 Å². The van der Waals surface area contributed by atoms with Gasteiger partial charge in [-0.15, -0.1) is 0 Å². The molecule has 21 heavy (non-hydrogen) atoms. The van der Waals surface area contributed by atoms with Crippen LogP contribution < -0.4 is 21.5 Å². The summed E-state index contributed by atoms with van der Waals surface area (Å²) < 4.78 is 0. The predicted octanol–water partition coefficient (Wildman–Crippen LogP) is 1.45. The van der Waals surface area contributed by atoms with Gasteiger partial charge in [-0.3, -0.25) is 10.5 Å². The van der Waals surface area contributed by atoms with Gasteiger partial charge in [0.2, 0.25) is 5.95 Å². The van der Waals surface area contributed by atoms with E-state index in [9.17, 15) is 0 Å². The molecule has 0 saturated carbocycles. The van der Waals surface area contributed by atoms with Crippen molar-refractivity contribution in [3.05, 3.63) is 30.5 Å². The van der Waals surface area contributed by atoms with Gasteiger partial charge < -0.3 is 10.2 Å². The van der Waals surface area contributed by atoms with Crippen molar-refractivity contribution in [1.82, 2.24) is 20.2 Å². The molecule has 8 nitrogen and oxygen atoms in total. The summed E-state index contributed by atoms with van der Waals surface area (Å²) in [5.41, 5.74) is 5.08. The van der Waals surface area contributed by atoms with E-state index in [1.165, 1.54) is 0 Å². The number of hydrazine groups is 1. The van der Waals surface area contributed by atoms with Crippen LogP contribution in [0.5, 0.6) is 0 Å². The van der Waals surface area contributed by atoms with Gasteiger partial charge in [-0.25, -0.2) is 5.84 Å². The molecule has 0 aliphatic carbocycles. The summed E-state index contributed by atoms with van der Waals surface area (Å²) in [6.45, 7) is 0. The first-order valence-corrected chi connectivity index (χ1v) is 6.39. The van der Waals surface area contributed by atoms with Crippen LogP contribution in [0.1, 0.15) is 0 Å². The van der Waals surface area contributed by atoms with Crippen molar-refractivity contribution in [3.8, 4) is 0 Å². The highest BCUT2D eigenvalue weighted by Crippen LogP contribution is 2.25. The van der Waals surface area contributed by atoms with Gasteiger partial charge in [-0.05, 0) is 18.2 Å². The number of nitrogens with two attached hydrogens (primary N) is 1. The van der Waals surface area contributed by atoms with E-state index in [4.69, 9.17) is 5.84 Å². The lowest BCUT2D eigenvalue weighted by Gasteiger charge is -2.14. The molecule has 5 N–H and O–H groups in total. The highest BCUT2D eigenvalue weighted by Gasteiger charge is 2.09. The molecule has 0 radical (unpaired) electrons. The number of benzene rings is 1. The third-order valence-electron chi connectivity index (χ3n) is 3.06. The lowest BCUT2D eigenvalue weighted by molar-refractivity contribution is 1.08. The van der Waals surface area contributed by atoms with Gasteiger partial charge in [0.05, 0.1) is 11.6 Å². The standard InChI is InChI=1S/C13H16N8/c1-21(2)9-5-3-4-8(6-9)16-11-10-7-15-20-12(10)18-13(17-11)19-14/h3-7H,14H2,1-2H3,(H3,15,16,17,18,19,20). The molecular weight excluding hydrogens is 268 g/mol. The molecule has 0 amide bonds. The summed E-state index contributed by atoms with van der Waals surface area (Å²) in [6.07, 6.45) is 1.67. The number of nitrogens with one attached hydrogen (secondary N) is 3. The zero-order chi connectivity index (χ0) is 14.8. The number of hydrogen-bond donors (Lipinski definition) is 4. The molecule has 3 rings (SSSR count). The molecule has 0 aliphatic rings. The number of H-pyrrole nitrogens is 1. The quantitative estimate of drug-likeness (QED) is 0.424. The van der Waals surface area contributed by atoms with Crippen molar-refractivity contribution in [2.75, 3.05) is 29.7 Å². The maximum Gasteiger partial charge on any atom is 0.241 e. The summed E-state index contributed by atoms with van der Waals surface area (Å²) in [5, 5.41) is 10.9. The van der Waals surface area contributed by atoms with E-state index in [0.29, 0.717) is 17.4 Å². The molecule has 0 fully saturated rings. The molecule has 3 aromatic rings. The van der Waals surface area contributed by atoms with E-state index < -0.39 is 0 Å². The minimum Gasteiger partial charge on any atom is -0.378 e. The number of anilines is 4. The highest BCUT2D eigenvalue weighted by molar-refractivity contribution is 5.89. The molecule has 0 atom stereocenters.